The molecule has 2 aromatic carbocycles. The highest BCUT2D eigenvalue weighted by Crippen LogP contribution is 2.43. The van der Waals surface area contributed by atoms with Crippen LogP contribution in [0.1, 0.15) is 22.3 Å². The van der Waals surface area contributed by atoms with Crippen LogP contribution in [0, 0.1) is 0 Å². The molecule has 0 amide bonds. The molecule has 5 heterocycles. The van der Waals surface area contributed by atoms with Crippen molar-refractivity contribution in [1.29, 1.82) is 0 Å². The van der Waals surface area contributed by atoms with Crippen molar-refractivity contribution in [3.8, 4) is 22.8 Å². The molecule has 0 unspecified atom stereocenters. The predicted molar refractivity (Wildman–Crippen MR) is 144 cm³/mol. The number of fused-ring (bicyclic) bond motifs is 14. The topological polar surface area (TPSA) is 70.2 Å². The lowest BCUT2D eigenvalue weighted by molar-refractivity contribution is 0.891. The Morgan fingerprint density at radius 2 is 1.11 bits per heavy atom. The first-order valence-electron chi connectivity index (χ1n) is 12.6. The summed E-state index contributed by atoms with van der Waals surface area (Å²) in [7, 11) is 0. The van der Waals surface area contributed by atoms with Crippen molar-refractivity contribution in [2.45, 2.75) is 25.7 Å². The van der Waals surface area contributed by atoms with Gasteiger partial charge in [-0.25, -0.2) is 4.98 Å². The van der Waals surface area contributed by atoms with Crippen molar-refractivity contribution in [1.82, 2.24) is 24.9 Å². The van der Waals surface area contributed by atoms with Crippen LogP contribution < -0.4 is 0 Å². The summed E-state index contributed by atoms with van der Waals surface area (Å²) in [4.78, 5) is 22.3. The number of benzene rings is 2. The van der Waals surface area contributed by atoms with Gasteiger partial charge in [-0.05, 0) is 60.1 Å². The van der Waals surface area contributed by atoms with Crippen molar-refractivity contribution in [3.63, 3.8) is 0 Å². The average Bonchev–Trinajstić information content (AvgIpc) is 3.51. The standard InChI is InChI=1S/C31H21N5/c1-3-16-5-9-20-22-11-7-18-15-19-8-12-23-21-10-6-17-4-2-14-33-25(17)29(21)36-31(23)27(19)34-26(18)30(22)35-28(20)24(16)32-13-1/h1-6,9-10,13-15,35-36H,7-8,11-12H2. The van der Waals surface area contributed by atoms with Gasteiger partial charge in [0.05, 0.1) is 44.8 Å². The number of aryl methyl sites for hydroxylation is 4. The molecule has 0 spiro atoms. The summed E-state index contributed by atoms with van der Waals surface area (Å²) >= 11 is 0. The van der Waals surface area contributed by atoms with Crippen LogP contribution in [-0.2, 0) is 25.7 Å². The molecule has 5 heteroatoms. The Kier molecular flexibility index (Phi) is 3.43. The molecule has 7 aromatic rings. The lowest BCUT2D eigenvalue weighted by Gasteiger charge is -2.22. The third-order valence-electron chi connectivity index (χ3n) is 8.25. The molecular weight excluding hydrogens is 442 g/mol. The van der Waals surface area contributed by atoms with Crippen molar-refractivity contribution >= 4 is 43.6 Å². The summed E-state index contributed by atoms with van der Waals surface area (Å²) in [6.07, 6.45) is 7.83. The van der Waals surface area contributed by atoms with Crippen LogP contribution in [0.2, 0.25) is 0 Å². The Labute approximate surface area is 206 Å². The van der Waals surface area contributed by atoms with E-state index in [-0.39, 0.29) is 0 Å². The molecule has 170 valence electrons. The Balaban J connectivity index is 1.31. The number of nitrogens with one attached hydrogen (secondary N) is 2. The smallest absolute Gasteiger partial charge is 0.0942 e. The van der Waals surface area contributed by atoms with E-state index in [9.17, 15) is 0 Å². The van der Waals surface area contributed by atoms with E-state index in [2.05, 4.69) is 52.4 Å². The van der Waals surface area contributed by atoms with E-state index < -0.39 is 0 Å². The van der Waals surface area contributed by atoms with Gasteiger partial charge in [0.1, 0.15) is 0 Å². The van der Waals surface area contributed by atoms with E-state index in [1.165, 1.54) is 33.0 Å². The van der Waals surface area contributed by atoms with Crippen molar-refractivity contribution in [2.75, 3.05) is 0 Å². The zero-order valence-corrected chi connectivity index (χ0v) is 19.5. The largest absolute Gasteiger partial charge is 0.351 e. The van der Waals surface area contributed by atoms with E-state index in [1.807, 2.05) is 24.5 Å². The maximum absolute atomic E-state index is 5.38. The number of aromatic amines is 2. The second-order valence-corrected chi connectivity index (χ2v) is 10.1. The highest BCUT2D eigenvalue weighted by atomic mass is 14.9. The van der Waals surface area contributed by atoms with Crippen LogP contribution in [0.3, 0.4) is 0 Å². The number of pyridine rings is 3. The average molecular weight is 464 g/mol. The molecule has 0 saturated heterocycles. The normalized spacial score (nSPS) is 14.2. The summed E-state index contributed by atoms with van der Waals surface area (Å²) < 4.78 is 0. The van der Waals surface area contributed by atoms with Gasteiger partial charge in [-0.3, -0.25) is 9.97 Å². The minimum atomic E-state index is 1.02. The Morgan fingerprint density at radius 1 is 0.583 bits per heavy atom. The van der Waals surface area contributed by atoms with Gasteiger partial charge in [-0.2, -0.15) is 0 Å². The Morgan fingerprint density at radius 3 is 1.64 bits per heavy atom. The van der Waals surface area contributed by atoms with Crippen molar-refractivity contribution in [3.05, 3.63) is 89.2 Å². The fraction of sp³-hybridized carbons (Fsp3) is 0.129. The predicted octanol–water partition coefficient (Wildman–Crippen LogP) is 6.67. The molecule has 0 atom stereocenters. The van der Waals surface area contributed by atoms with E-state index in [0.717, 1.165) is 81.3 Å². The van der Waals surface area contributed by atoms with E-state index in [1.54, 1.807) is 0 Å². The van der Waals surface area contributed by atoms with Gasteiger partial charge in [0, 0.05) is 33.9 Å². The lowest BCUT2D eigenvalue weighted by Crippen LogP contribution is -2.11. The molecule has 2 aliphatic carbocycles. The van der Waals surface area contributed by atoms with Crippen LogP contribution in [0.5, 0.6) is 0 Å². The molecule has 2 N–H and O–H groups in total. The third-order valence-corrected chi connectivity index (χ3v) is 8.25. The molecule has 0 saturated carbocycles. The van der Waals surface area contributed by atoms with Gasteiger partial charge < -0.3 is 9.97 Å². The van der Waals surface area contributed by atoms with Gasteiger partial charge in [0.2, 0.25) is 0 Å². The SMILES string of the molecule is c1cnc2c(c1)ccc1c3c([nH]c12)-c1nc2c(cc1CC3)CCc1c-2[nH]c2c1ccc1cccnc12. The van der Waals surface area contributed by atoms with Crippen LogP contribution >= 0.6 is 0 Å². The lowest BCUT2D eigenvalue weighted by atomic mass is 9.86. The van der Waals surface area contributed by atoms with Crippen molar-refractivity contribution < 1.29 is 0 Å². The first kappa shape index (κ1) is 18.8. The maximum Gasteiger partial charge on any atom is 0.0942 e. The van der Waals surface area contributed by atoms with E-state index in [0.29, 0.717) is 0 Å². The zero-order chi connectivity index (χ0) is 23.4. The molecule has 0 fully saturated rings. The van der Waals surface area contributed by atoms with Crippen molar-refractivity contribution in [2.24, 2.45) is 0 Å². The number of hydrogen-bond donors (Lipinski definition) is 2. The monoisotopic (exact) mass is 463 g/mol. The Bertz CT molecular complexity index is 1910. The summed E-state index contributed by atoms with van der Waals surface area (Å²) in [5, 5.41) is 4.85. The third kappa shape index (κ3) is 2.32. The number of H-pyrrole nitrogens is 2. The first-order valence-corrected chi connectivity index (χ1v) is 12.6. The minimum absolute atomic E-state index is 1.02. The quantitative estimate of drug-likeness (QED) is 0.264. The highest BCUT2D eigenvalue weighted by Gasteiger charge is 2.28. The van der Waals surface area contributed by atoms with Crippen LogP contribution in [-0.4, -0.2) is 24.9 Å². The fourth-order valence-corrected chi connectivity index (χ4v) is 6.58. The number of hydrogen-bond acceptors (Lipinski definition) is 3. The van der Waals surface area contributed by atoms with Gasteiger partial charge in [0.25, 0.3) is 0 Å². The molecule has 0 aliphatic heterocycles. The van der Waals surface area contributed by atoms with Crippen LogP contribution in [0.25, 0.3) is 66.4 Å². The zero-order valence-electron chi connectivity index (χ0n) is 19.5. The number of nitrogens with zero attached hydrogens (tertiary/aromatic N) is 3. The molecule has 2 aliphatic rings. The molecular formula is C31H21N5. The molecule has 36 heavy (non-hydrogen) atoms. The summed E-state index contributed by atoms with van der Waals surface area (Å²) in [5.74, 6) is 0. The second-order valence-electron chi connectivity index (χ2n) is 10.1. The number of rotatable bonds is 0. The summed E-state index contributed by atoms with van der Waals surface area (Å²) in [6.45, 7) is 0. The molecule has 9 rings (SSSR count). The number of aromatic nitrogens is 5. The second kappa shape index (κ2) is 6.58. The van der Waals surface area contributed by atoms with Gasteiger partial charge >= 0.3 is 0 Å². The molecule has 0 radical (unpaired) electrons. The summed E-state index contributed by atoms with van der Waals surface area (Å²) in [6, 6.07) is 19.5. The van der Waals surface area contributed by atoms with E-state index >= 15 is 0 Å². The van der Waals surface area contributed by atoms with Crippen LogP contribution in [0.4, 0.5) is 0 Å². The van der Waals surface area contributed by atoms with Gasteiger partial charge in [-0.15, -0.1) is 0 Å². The molecule has 5 nitrogen and oxygen atoms in total. The first-order chi connectivity index (χ1) is 17.8. The summed E-state index contributed by atoms with van der Waals surface area (Å²) in [5.41, 5.74) is 14.2. The fourth-order valence-electron chi connectivity index (χ4n) is 6.58. The minimum Gasteiger partial charge on any atom is -0.351 e. The molecule has 0 bridgehead atoms. The Hall–Kier alpha value is -4.51. The van der Waals surface area contributed by atoms with Gasteiger partial charge in [0.15, 0.2) is 0 Å². The maximum atomic E-state index is 5.38. The molecule has 5 aromatic heterocycles. The van der Waals surface area contributed by atoms with Crippen LogP contribution in [0.15, 0.2) is 67.0 Å². The highest BCUT2D eigenvalue weighted by molar-refractivity contribution is 6.08. The van der Waals surface area contributed by atoms with Gasteiger partial charge in [-0.1, -0.05) is 42.5 Å². The van der Waals surface area contributed by atoms with E-state index in [4.69, 9.17) is 15.0 Å².